The maximum atomic E-state index is 12.2. The lowest BCUT2D eigenvalue weighted by Gasteiger charge is -2.17. The zero-order valence-electron chi connectivity index (χ0n) is 13.1. The zero-order valence-corrected chi connectivity index (χ0v) is 13.9. The molecular weight excluding hydrogens is 333 g/mol. The van der Waals surface area contributed by atoms with E-state index in [0.717, 1.165) is 18.7 Å². The summed E-state index contributed by atoms with van der Waals surface area (Å²) in [7, 11) is 1.41. The number of likely N-dealkylation sites (tertiary alicyclic amines) is 1. The number of alkyl halides is 3. The van der Waals surface area contributed by atoms with Gasteiger partial charge in [0.05, 0.1) is 7.11 Å². The summed E-state index contributed by atoms with van der Waals surface area (Å²) in [5, 5.41) is 0. The van der Waals surface area contributed by atoms with Gasteiger partial charge < -0.3 is 15.2 Å². The molecule has 0 aliphatic carbocycles. The van der Waals surface area contributed by atoms with Gasteiger partial charge in [-0.1, -0.05) is 13.0 Å². The minimum atomic E-state index is -4.37. The van der Waals surface area contributed by atoms with E-state index in [1.165, 1.54) is 13.2 Å². The van der Waals surface area contributed by atoms with Crippen molar-refractivity contribution in [3.63, 3.8) is 0 Å². The van der Waals surface area contributed by atoms with E-state index in [4.69, 9.17) is 15.2 Å². The normalized spacial score (nSPS) is 21.8. The van der Waals surface area contributed by atoms with Crippen LogP contribution in [0.3, 0.4) is 0 Å². The highest BCUT2D eigenvalue weighted by Crippen LogP contribution is 2.30. The minimum Gasteiger partial charge on any atom is -0.493 e. The third-order valence-corrected chi connectivity index (χ3v) is 3.77. The van der Waals surface area contributed by atoms with Crippen LogP contribution in [-0.4, -0.2) is 43.9 Å². The topological polar surface area (TPSA) is 47.7 Å². The van der Waals surface area contributed by atoms with Crippen molar-refractivity contribution in [2.24, 2.45) is 11.7 Å². The van der Waals surface area contributed by atoms with E-state index in [-0.39, 0.29) is 24.2 Å². The van der Waals surface area contributed by atoms with Gasteiger partial charge in [-0.05, 0) is 23.6 Å². The molecule has 1 heterocycles. The Morgan fingerprint density at radius 3 is 2.48 bits per heavy atom. The van der Waals surface area contributed by atoms with Crippen molar-refractivity contribution in [1.29, 1.82) is 0 Å². The molecule has 0 radical (unpaired) electrons. The predicted molar refractivity (Wildman–Crippen MR) is 84.2 cm³/mol. The lowest BCUT2D eigenvalue weighted by molar-refractivity contribution is -0.153. The summed E-state index contributed by atoms with van der Waals surface area (Å²) in [4.78, 5) is 2.22. The molecule has 1 saturated heterocycles. The molecule has 2 atom stereocenters. The molecule has 8 heteroatoms. The van der Waals surface area contributed by atoms with Crippen LogP contribution < -0.4 is 15.2 Å². The number of nitrogens with two attached hydrogens (primary N) is 1. The maximum absolute atomic E-state index is 12.2. The third-order valence-electron chi connectivity index (χ3n) is 3.77. The summed E-state index contributed by atoms with van der Waals surface area (Å²) in [6.45, 7) is 3.19. The molecule has 1 aliphatic heterocycles. The van der Waals surface area contributed by atoms with Gasteiger partial charge in [0, 0.05) is 25.7 Å². The number of hydrogen-bond donors (Lipinski definition) is 1. The molecular formula is C15H22ClF3N2O2. The fourth-order valence-electron chi connectivity index (χ4n) is 2.57. The van der Waals surface area contributed by atoms with Crippen molar-refractivity contribution in [2.75, 3.05) is 26.8 Å². The molecule has 1 aromatic carbocycles. The molecule has 1 aliphatic rings. The van der Waals surface area contributed by atoms with Crippen molar-refractivity contribution in [3.8, 4) is 11.5 Å². The molecule has 0 bridgehead atoms. The van der Waals surface area contributed by atoms with Crippen LogP contribution in [0, 0.1) is 5.92 Å². The van der Waals surface area contributed by atoms with E-state index >= 15 is 0 Å². The average molecular weight is 355 g/mol. The second-order valence-electron chi connectivity index (χ2n) is 5.72. The first-order valence-electron chi connectivity index (χ1n) is 7.13. The second kappa shape index (κ2) is 8.08. The molecule has 0 aromatic heterocycles. The van der Waals surface area contributed by atoms with Crippen LogP contribution in [0.2, 0.25) is 0 Å². The Hall–Kier alpha value is -1.18. The van der Waals surface area contributed by atoms with E-state index in [2.05, 4.69) is 11.8 Å². The molecule has 2 rings (SSSR count). The first-order chi connectivity index (χ1) is 10.3. The quantitative estimate of drug-likeness (QED) is 0.883. The van der Waals surface area contributed by atoms with Crippen LogP contribution in [0.5, 0.6) is 11.5 Å². The van der Waals surface area contributed by atoms with Crippen molar-refractivity contribution in [1.82, 2.24) is 4.90 Å². The Morgan fingerprint density at radius 1 is 1.26 bits per heavy atom. The number of methoxy groups -OCH3 is 1. The predicted octanol–water partition coefficient (Wildman–Crippen LogP) is 2.84. The molecule has 2 N–H and O–H groups in total. The van der Waals surface area contributed by atoms with Gasteiger partial charge in [-0.15, -0.1) is 12.4 Å². The molecule has 132 valence electrons. The van der Waals surface area contributed by atoms with Crippen LogP contribution >= 0.6 is 12.4 Å². The van der Waals surface area contributed by atoms with Gasteiger partial charge in [-0.2, -0.15) is 13.2 Å². The van der Waals surface area contributed by atoms with Crippen LogP contribution in [0.4, 0.5) is 13.2 Å². The van der Waals surface area contributed by atoms with E-state index in [0.29, 0.717) is 18.2 Å². The van der Waals surface area contributed by atoms with E-state index in [1.54, 1.807) is 12.1 Å². The summed E-state index contributed by atoms with van der Waals surface area (Å²) >= 11 is 0. The number of halogens is 4. The SMILES string of the molecule is COc1cc(CN2CC(C)C(N)C2)ccc1OCC(F)(F)F.Cl. The molecule has 1 fully saturated rings. The van der Waals surface area contributed by atoms with Gasteiger partial charge in [0.15, 0.2) is 18.1 Å². The zero-order chi connectivity index (χ0) is 16.3. The number of nitrogens with zero attached hydrogens (tertiary/aromatic N) is 1. The summed E-state index contributed by atoms with van der Waals surface area (Å²) < 4.78 is 46.5. The van der Waals surface area contributed by atoms with Gasteiger partial charge in [-0.25, -0.2) is 0 Å². The molecule has 23 heavy (non-hydrogen) atoms. The van der Waals surface area contributed by atoms with E-state index < -0.39 is 12.8 Å². The Bertz CT molecular complexity index is 504. The smallest absolute Gasteiger partial charge is 0.422 e. The highest BCUT2D eigenvalue weighted by Gasteiger charge is 2.29. The molecule has 0 spiro atoms. The van der Waals surface area contributed by atoms with Crippen molar-refractivity contribution < 1.29 is 22.6 Å². The summed E-state index contributed by atoms with van der Waals surface area (Å²) in [5.74, 6) is 0.838. The van der Waals surface area contributed by atoms with Crippen LogP contribution in [0.1, 0.15) is 12.5 Å². The van der Waals surface area contributed by atoms with Crippen LogP contribution in [-0.2, 0) is 6.54 Å². The lowest BCUT2D eigenvalue weighted by Crippen LogP contribution is -2.28. The highest BCUT2D eigenvalue weighted by atomic mass is 35.5. The number of hydrogen-bond acceptors (Lipinski definition) is 4. The molecule has 0 saturated carbocycles. The first-order valence-corrected chi connectivity index (χ1v) is 7.13. The monoisotopic (exact) mass is 354 g/mol. The van der Waals surface area contributed by atoms with Gasteiger partial charge in [-0.3, -0.25) is 4.90 Å². The average Bonchev–Trinajstić information content (AvgIpc) is 2.74. The Labute approximate surface area is 140 Å². The molecule has 1 aromatic rings. The van der Waals surface area contributed by atoms with Crippen LogP contribution in [0.25, 0.3) is 0 Å². The number of rotatable bonds is 5. The van der Waals surface area contributed by atoms with E-state index in [1.807, 2.05) is 0 Å². The molecule has 4 nitrogen and oxygen atoms in total. The van der Waals surface area contributed by atoms with E-state index in [9.17, 15) is 13.2 Å². The van der Waals surface area contributed by atoms with Gasteiger partial charge in [0.2, 0.25) is 0 Å². The summed E-state index contributed by atoms with van der Waals surface area (Å²) in [6, 6.07) is 5.14. The molecule has 2 unspecified atom stereocenters. The summed E-state index contributed by atoms with van der Waals surface area (Å²) in [5.41, 5.74) is 6.95. The Morgan fingerprint density at radius 2 is 1.96 bits per heavy atom. The van der Waals surface area contributed by atoms with Gasteiger partial charge >= 0.3 is 6.18 Å². The largest absolute Gasteiger partial charge is 0.493 e. The number of ether oxygens (including phenoxy) is 2. The maximum Gasteiger partial charge on any atom is 0.422 e. The fraction of sp³-hybridized carbons (Fsp3) is 0.600. The van der Waals surface area contributed by atoms with Crippen molar-refractivity contribution >= 4 is 12.4 Å². The van der Waals surface area contributed by atoms with Gasteiger partial charge in [0.1, 0.15) is 0 Å². The minimum absolute atomic E-state index is 0. The lowest BCUT2D eigenvalue weighted by atomic mass is 10.1. The van der Waals surface area contributed by atoms with Crippen LogP contribution in [0.15, 0.2) is 18.2 Å². The Kier molecular flexibility index (Phi) is 6.98. The van der Waals surface area contributed by atoms with Crippen molar-refractivity contribution in [3.05, 3.63) is 23.8 Å². The third kappa shape index (κ3) is 5.75. The second-order valence-corrected chi connectivity index (χ2v) is 5.72. The van der Waals surface area contributed by atoms with Crippen molar-refractivity contribution in [2.45, 2.75) is 25.7 Å². The van der Waals surface area contributed by atoms with Gasteiger partial charge in [0.25, 0.3) is 0 Å². The fourth-order valence-corrected chi connectivity index (χ4v) is 2.57. The summed E-state index contributed by atoms with van der Waals surface area (Å²) in [6.07, 6.45) is -4.37. The Balaban J connectivity index is 0.00000264. The molecule has 0 amide bonds. The first kappa shape index (κ1) is 19.9. The highest BCUT2D eigenvalue weighted by molar-refractivity contribution is 5.85. The standard InChI is InChI=1S/C15H21F3N2O2.ClH/c1-10-6-20(8-12(10)19)7-11-3-4-13(14(5-11)21-2)22-9-15(16,17)18;/h3-5,10,12H,6-9,19H2,1-2H3;1H. The number of benzene rings is 1.